The van der Waals surface area contributed by atoms with Crippen LogP contribution >= 0.6 is 0 Å². The number of fused-ring (bicyclic) bond motifs is 1. The third-order valence-corrected chi connectivity index (χ3v) is 4.59. The fourth-order valence-electron chi connectivity index (χ4n) is 3.16. The molecule has 3 rings (SSSR count). The molecule has 2 heterocycles. The molecular formula is C18H28N8. The van der Waals surface area contributed by atoms with E-state index in [1.807, 2.05) is 7.05 Å². The van der Waals surface area contributed by atoms with E-state index >= 15 is 0 Å². The van der Waals surface area contributed by atoms with Crippen LogP contribution in [0.15, 0.2) is 29.2 Å². The summed E-state index contributed by atoms with van der Waals surface area (Å²) in [6.45, 7) is 2.39. The Morgan fingerprint density at radius 1 is 1.19 bits per heavy atom. The average molecular weight is 356 g/mol. The van der Waals surface area contributed by atoms with Gasteiger partial charge in [-0.15, -0.1) is 0 Å². The number of allylic oxidation sites excluding steroid dienone is 1. The lowest BCUT2D eigenvalue weighted by atomic mass is 9.97. The van der Waals surface area contributed by atoms with Crippen LogP contribution in [-0.4, -0.2) is 52.4 Å². The summed E-state index contributed by atoms with van der Waals surface area (Å²) in [6, 6.07) is 0. The number of hydrogen-bond donors (Lipinski definition) is 3. The zero-order valence-electron chi connectivity index (χ0n) is 15.6. The lowest BCUT2D eigenvalue weighted by Crippen LogP contribution is -2.40. The zero-order chi connectivity index (χ0) is 18.2. The summed E-state index contributed by atoms with van der Waals surface area (Å²) >= 11 is 0. The van der Waals surface area contributed by atoms with Crippen LogP contribution in [0.3, 0.4) is 0 Å². The van der Waals surface area contributed by atoms with Crippen molar-refractivity contribution in [3.8, 4) is 0 Å². The molecule has 3 N–H and O–H groups in total. The van der Waals surface area contributed by atoms with Gasteiger partial charge in [-0.1, -0.05) is 11.6 Å². The second-order valence-corrected chi connectivity index (χ2v) is 6.44. The van der Waals surface area contributed by atoms with Crippen LogP contribution in [0.25, 0.3) is 11.0 Å². The van der Waals surface area contributed by atoms with Gasteiger partial charge in [0.05, 0.1) is 11.6 Å². The maximum Gasteiger partial charge on any atom is 0.191 e. The minimum Gasteiger partial charge on any atom is -0.368 e. The van der Waals surface area contributed by atoms with Crippen molar-refractivity contribution >= 4 is 22.8 Å². The Balaban J connectivity index is 1.39. The van der Waals surface area contributed by atoms with Crippen molar-refractivity contribution in [1.29, 1.82) is 0 Å². The Bertz CT molecular complexity index is 777. The van der Waals surface area contributed by atoms with Gasteiger partial charge in [-0.05, 0) is 32.1 Å². The van der Waals surface area contributed by atoms with E-state index in [1.165, 1.54) is 25.7 Å². The molecule has 0 saturated carbocycles. The topological polar surface area (TPSA) is 92.1 Å². The average Bonchev–Trinajstić information content (AvgIpc) is 3.06. The van der Waals surface area contributed by atoms with Crippen LogP contribution < -0.4 is 16.0 Å². The molecular weight excluding hydrogens is 328 g/mol. The Kier molecular flexibility index (Phi) is 6.40. The Hall–Kier alpha value is -2.64. The predicted molar refractivity (Wildman–Crippen MR) is 105 cm³/mol. The molecule has 1 aliphatic rings. The minimum absolute atomic E-state index is 0.729. The number of anilines is 1. The molecule has 26 heavy (non-hydrogen) atoms. The van der Waals surface area contributed by atoms with Gasteiger partial charge < -0.3 is 16.0 Å². The summed E-state index contributed by atoms with van der Waals surface area (Å²) in [5, 5.41) is 15.2. The first-order valence-corrected chi connectivity index (χ1v) is 9.27. The SMILES string of the molecule is CN=C(NCCNc1ncnc2c1cnn2C)NCCC1=CCCCC1. The lowest BCUT2D eigenvalue weighted by molar-refractivity contribution is 0.665. The zero-order valence-corrected chi connectivity index (χ0v) is 15.6. The van der Waals surface area contributed by atoms with E-state index in [9.17, 15) is 0 Å². The molecule has 0 atom stereocenters. The molecule has 0 fully saturated rings. The number of guanidine groups is 1. The van der Waals surface area contributed by atoms with Gasteiger partial charge in [-0.2, -0.15) is 5.10 Å². The smallest absolute Gasteiger partial charge is 0.191 e. The highest BCUT2D eigenvalue weighted by Gasteiger charge is 2.07. The maximum absolute atomic E-state index is 4.30. The number of nitrogens with one attached hydrogen (secondary N) is 3. The summed E-state index contributed by atoms with van der Waals surface area (Å²) in [5.41, 5.74) is 2.40. The van der Waals surface area contributed by atoms with Crippen molar-refractivity contribution in [2.24, 2.45) is 12.0 Å². The molecule has 8 heteroatoms. The van der Waals surface area contributed by atoms with Gasteiger partial charge in [-0.25, -0.2) is 9.97 Å². The first-order valence-electron chi connectivity index (χ1n) is 9.27. The molecule has 0 bridgehead atoms. The van der Waals surface area contributed by atoms with Gasteiger partial charge in [0.15, 0.2) is 11.6 Å². The van der Waals surface area contributed by atoms with Crippen molar-refractivity contribution in [3.63, 3.8) is 0 Å². The first-order chi connectivity index (χ1) is 12.8. The van der Waals surface area contributed by atoms with Crippen molar-refractivity contribution in [3.05, 3.63) is 24.2 Å². The second kappa shape index (κ2) is 9.17. The third-order valence-electron chi connectivity index (χ3n) is 4.59. The molecule has 1 aliphatic carbocycles. The molecule has 0 aliphatic heterocycles. The van der Waals surface area contributed by atoms with Gasteiger partial charge in [0.25, 0.3) is 0 Å². The van der Waals surface area contributed by atoms with Crippen LogP contribution in [0, 0.1) is 0 Å². The number of hydrogen-bond acceptors (Lipinski definition) is 5. The molecule has 0 spiro atoms. The lowest BCUT2D eigenvalue weighted by Gasteiger charge is -2.15. The summed E-state index contributed by atoms with van der Waals surface area (Å²) < 4.78 is 1.74. The molecule has 140 valence electrons. The second-order valence-electron chi connectivity index (χ2n) is 6.44. The number of rotatable bonds is 7. The van der Waals surface area contributed by atoms with Crippen LogP contribution in [0.1, 0.15) is 32.1 Å². The van der Waals surface area contributed by atoms with Crippen molar-refractivity contribution in [1.82, 2.24) is 30.4 Å². The predicted octanol–water partition coefficient (Wildman–Crippen LogP) is 1.83. The minimum atomic E-state index is 0.729. The summed E-state index contributed by atoms with van der Waals surface area (Å²) in [5.74, 6) is 1.63. The van der Waals surface area contributed by atoms with E-state index in [4.69, 9.17) is 0 Å². The van der Waals surface area contributed by atoms with Crippen LogP contribution in [0.5, 0.6) is 0 Å². The number of aromatic nitrogens is 4. The summed E-state index contributed by atoms with van der Waals surface area (Å²) in [6.07, 6.45) is 12.0. The number of aryl methyl sites for hydroxylation is 1. The van der Waals surface area contributed by atoms with Gasteiger partial charge in [0, 0.05) is 33.7 Å². The van der Waals surface area contributed by atoms with Gasteiger partial charge in [-0.3, -0.25) is 9.67 Å². The summed E-state index contributed by atoms with van der Waals surface area (Å²) in [4.78, 5) is 12.8. The Labute approximate surface area is 154 Å². The molecule has 2 aromatic rings. The molecule has 0 aromatic carbocycles. The molecule has 0 unspecified atom stereocenters. The Morgan fingerprint density at radius 3 is 2.88 bits per heavy atom. The normalized spacial score (nSPS) is 15.0. The fraction of sp³-hybridized carbons (Fsp3) is 0.556. The molecule has 0 radical (unpaired) electrons. The van der Waals surface area contributed by atoms with Crippen molar-refractivity contribution in [2.75, 3.05) is 32.0 Å². The first kappa shape index (κ1) is 18.2. The largest absolute Gasteiger partial charge is 0.368 e. The van der Waals surface area contributed by atoms with Gasteiger partial charge >= 0.3 is 0 Å². The van der Waals surface area contributed by atoms with Gasteiger partial charge in [0.1, 0.15) is 12.1 Å². The van der Waals surface area contributed by atoms with Crippen molar-refractivity contribution in [2.45, 2.75) is 32.1 Å². The molecule has 0 saturated heterocycles. The van der Waals surface area contributed by atoms with E-state index in [2.05, 4.69) is 42.1 Å². The highest BCUT2D eigenvalue weighted by Crippen LogP contribution is 2.19. The highest BCUT2D eigenvalue weighted by molar-refractivity contribution is 5.86. The van der Waals surface area contributed by atoms with E-state index in [0.29, 0.717) is 0 Å². The van der Waals surface area contributed by atoms with Crippen LogP contribution in [0.2, 0.25) is 0 Å². The number of aliphatic imine (C=N–C) groups is 1. The van der Waals surface area contributed by atoms with Crippen LogP contribution in [0.4, 0.5) is 5.82 Å². The van der Waals surface area contributed by atoms with Gasteiger partial charge in [0.2, 0.25) is 0 Å². The monoisotopic (exact) mass is 356 g/mol. The Morgan fingerprint density at radius 2 is 2.08 bits per heavy atom. The molecule has 8 nitrogen and oxygen atoms in total. The summed E-state index contributed by atoms with van der Waals surface area (Å²) in [7, 11) is 3.67. The third kappa shape index (κ3) is 4.71. The van der Waals surface area contributed by atoms with E-state index in [0.717, 1.165) is 48.9 Å². The van der Waals surface area contributed by atoms with E-state index < -0.39 is 0 Å². The quantitative estimate of drug-likeness (QED) is 0.303. The van der Waals surface area contributed by atoms with E-state index in [1.54, 1.807) is 29.8 Å². The number of nitrogens with zero attached hydrogens (tertiary/aromatic N) is 5. The highest BCUT2D eigenvalue weighted by atomic mass is 15.3. The van der Waals surface area contributed by atoms with Crippen molar-refractivity contribution < 1.29 is 0 Å². The van der Waals surface area contributed by atoms with Crippen LogP contribution in [-0.2, 0) is 7.05 Å². The van der Waals surface area contributed by atoms with E-state index in [-0.39, 0.29) is 0 Å². The maximum atomic E-state index is 4.30. The molecule has 0 amide bonds. The molecule has 2 aromatic heterocycles. The fourth-order valence-corrected chi connectivity index (χ4v) is 3.16. The standard InChI is InChI=1S/C18H28N8/c1-19-18(21-9-8-14-6-4-3-5-7-14)22-11-10-20-16-15-12-25-26(2)17(15)24-13-23-16/h6,12-13H,3-5,7-11H2,1-2H3,(H2,19,21,22)(H,20,23,24).